The molecule has 0 aliphatic carbocycles. The van der Waals surface area contributed by atoms with Crippen LogP contribution in [0.2, 0.25) is 5.82 Å². The van der Waals surface area contributed by atoms with Crippen molar-refractivity contribution in [1.82, 2.24) is 30.2 Å². The second-order valence-electron chi connectivity index (χ2n) is 13.9. The summed E-state index contributed by atoms with van der Waals surface area (Å²) in [5, 5.41) is 23.4. The molecule has 1 unspecified atom stereocenters. The van der Waals surface area contributed by atoms with E-state index in [4.69, 9.17) is 14.2 Å². The van der Waals surface area contributed by atoms with Gasteiger partial charge in [0.05, 0.1) is 36.0 Å². The molecular weight excluding hydrogens is 599 g/mol. The van der Waals surface area contributed by atoms with Gasteiger partial charge in [0.1, 0.15) is 25.4 Å². The molecule has 0 saturated carbocycles. The molecule has 4 heterocycles. The van der Waals surface area contributed by atoms with Gasteiger partial charge in [0.25, 0.3) is 0 Å². The van der Waals surface area contributed by atoms with E-state index in [0.717, 1.165) is 12.1 Å². The molecule has 258 valence electrons. The van der Waals surface area contributed by atoms with Gasteiger partial charge in [-0.2, -0.15) is 0 Å². The second-order valence-corrected chi connectivity index (χ2v) is 13.9. The van der Waals surface area contributed by atoms with Crippen LogP contribution in [0.4, 0.5) is 4.79 Å². The summed E-state index contributed by atoms with van der Waals surface area (Å²) in [7, 11) is 3.73. The number of carbonyl (C=O) groups excluding carboxylic acids is 2. The van der Waals surface area contributed by atoms with E-state index < -0.39 is 41.6 Å². The van der Waals surface area contributed by atoms with Gasteiger partial charge < -0.3 is 24.6 Å². The van der Waals surface area contributed by atoms with Crippen LogP contribution in [0.15, 0.2) is 42.7 Å². The molecule has 1 amide bonds. The van der Waals surface area contributed by atoms with E-state index in [-0.39, 0.29) is 29.5 Å². The van der Waals surface area contributed by atoms with Crippen molar-refractivity contribution >= 4 is 19.7 Å². The number of amides is 1. The molecule has 0 spiro atoms. The number of carbonyl (C=O) groups is 2. The average molecular weight is 653 g/mol. The van der Waals surface area contributed by atoms with Crippen LogP contribution in [0.1, 0.15) is 61.3 Å². The van der Waals surface area contributed by atoms with Crippen LogP contribution in [-0.4, -0.2) is 106 Å². The predicted molar refractivity (Wildman–Crippen MR) is 181 cm³/mol. The summed E-state index contributed by atoms with van der Waals surface area (Å²) in [5.41, 5.74) is -0.240. The molecule has 0 bridgehead atoms. The minimum Gasteiger partial charge on any atom is -0.438 e. The first-order valence-corrected chi connectivity index (χ1v) is 16.9. The lowest BCUT2D eigenvalue weighted by Crippen LogP contribution is -2.61. The summed E-state index contributed by atoms with van der Waals surface area (Å²) >= 11 is 0. The smallest absolute Gasteiger partial charge is 0.411 e. The number of ether oxygens (including phenoxy) is 3. The third-order valence-corrected chi connectivity index (χ3v) is 10.5. The number of allylic oxidation sites excluding steroid dienone is 1. The molecule has 2 fully saturated rings. The summed E-state index contributed by atoms with van der Waals surface area (Å²) in [6.07, 6.45) is 6.09. The Labute approximate surface area is 280 Å². The summed E-state index contributed by atoms with van der Waals surface area (Å²) in [5.74, 6) is -1.13. The number of nitrogens with zero attached hydrogens (tertiary/aromatic N) is 5. The Hall–Kier alpha value is -3.13. The highest BCUT2D eigenvalue weighted by molar-refractivity contribution is 6.14. The standard InChI is InChI=1S/C34H53BN6O6/c1-9-27-34(7)30(41(32(44)47-34)17-13-12-16-40-20-26(38-39-40)25-14-10-11-15-36-25)24(5)37-19-21(2)18-33(6,45-8)29(35)22(3)28(42)23(4)31(43)46-27/h10-15,20-24,27,29-31,37,43H,9,16-19,35H2,1-8H3/b13-12+/t21-,22+,23-,24-,27-,29-,30-,31?,33-,34-/m1/s1. The summed E-state index contributed by atoms with van der Waals surface area (Å²) in [6, 6.07) is 5.01. The average Bonchev–Trinajstić information content (AvgIpc) is 3.64. The van der Waals surface area contributed by atoms with Gasteiger partial charge >= 0.3 is 6.09 Å². The maximum absolute atomic E-state index is 13.6. The Morgan fingerprint density at radius 2 is 1.85 bits per heavy atom. The quantitative estimate of drug-likeness (QED) is 0.338. The van der Waals surface area contributed by atoms with E-state index in [0.29, 0.717) is 31.7 Å². The zero-order valence-electron chi connectivity index (χ0n) is 29.4. The lowest BCUT2D eigenvalue weighted by Gasteiger charge is -2.41. The number of hydrogen-bond acceptors (Lipinski definition) is 10. The van der Waals surface area contributed by atoms with E-state index in [2.05, 4.69) is 41.4 Å². The first-order valence-electron chi connectivity index (χ1n) is 16.9. The molecule has 12 nitrogen and oxygen atoms in total. The van der Waals surface area contributed by atoms with Crippen molar-refractivity contribution in [2.24, 2.45) is 17.8 Å². The van der Waals surface area contributed by atoms with Crippen LogP contribution in [0.25, 0.3) is 11.4 Å². The number of nitrogens with one attached hydrogen (secondary N) is 1. The van der Waals surface area contributed by atoms with Gasteiger partial charge in [0, 0.05) is 31.8 Å². The molecule has 2 saturated heterocycles. The zero-order valence-corrected chi connectivity index (χ0v) is 29.4. The molecule has 2 aromatic heterocycles. The van der Waals surface area contributed by atoms with Gasteiger partial charge in [-0.3, -0.25) is 14.7 Å². The van der Waals surface area contributed by atoms with E-state index in [1.807, 2.05) is 65.2 Å². The van der Waals surface area contributed by atoms with E-state index >= 15 is 0 Å². The Kier molecular flexibility index (Phi) is 12.0. The molecule has 2 aliphatic rings. The van der Waals surface area contributed by atoms with Gasteiger partial charge in [-0.15, -0.1) is 5.10 Å². The van der Waals surface area contributed by atoms with Gasteiger partial charge in [0.15, 0.2) is 11.9 Å². The highest BCUT2D eigenvalue weighted by Crippen LogP contribution is 2.41. The van der Waals surface area contributed by atoms with Crippen molar-refractivity contribution in [3.8, 4) is 11.4 Å². The van der Waals surface area contributed by atoms with Crippen molar-refractivity contribution in [2.45, 2.75) is 109 Å². The van der Waals surface area contributed by atoms with E-state index in [1.54, 1.807) is 29.8 Å². The minimum atomic E-state index is -1.37. The van der Waals surface area contributed by atoms with Crippen molar-refractivity contribution in [3.63, 3.8) is 0 Å². The van der Waals surface area contributed by atoms with Crippen molar-refractivity contribution in [1.29, 1.82) is 0 Å². The summed E-state index contributed by atoms with van der Waals surface area (Å²) in [4.78, 5) is 33.2. The van der Waals surface area contributed by atoms with Crippen LogP contribution in [-0.2, 0) is 25.5 Å². The second kappa shape index (κ2) is 15.4. The predicted octanol–water partition coefficient (Wildman–Crippen LogP) is 3.28. The number of ketones is 1. The number of aliphatic hydroxyl groups is 1. The highest BCUT2D eigenvalue weighted by Gasteiger charge is 2.57. The molecule has 2 N–H and O–H groups in total. The minimum absolute atomic E-state index is 0.0893. The largest absolute Gasteiger partial charge is 0.438 e. The fourth-order valence-electron chi connectivity index (χ4n) is 7.30. The monoisotopic (exact) mass is 652 g/mol. The molecule has 13 heteroatoms. The Morgan fingerprint density at radius 1 is 1.13 bits per heavy atom. The zero-order chi connectivity index (χ0) is 34.5. The van der Waals surface area contributed by atoms with Crippen molar-refractivity contribution in [3.05, 3.63) is 42.7 Å². The van der Waals surface area contributed by atoms with Crippen LogP contribution in [0, 0.1) is 17.8 Å². The number of Topliss-reactive ketones (excluding diaryl/α,β-unsaturated/α-hetero) is 1. The fourth-order valence-corrected chi connectivity index (χ4v) is 7.30. The molecule has 0 aromatic carbocycles. The van der Waals surface area contributed by atoms with Crippen LogP contribution in [0.3, 0.4) is 0 Å². The molecule has 0 radical (unpaired) electrons. The Bertz CT molecular complexity index is 1380. The number of rotatable bonds is 7. The number of pyridine rings is 1. The molecule has 2 aromatic rings. The van der Waals surface area contributed by atoms with E-state index in [9.17, 15) is 14.7 Å². The number of fused-ring (bicyclic) bond motifs is 1. The molecule has 2 aliphatic heterocycles. The maximum Gasteiger partial charge on any atom is 0.411 e. The number of methoxy groups -OCH3 is 1. The molecule has 47 heavy (non-hydrogen) atoms. The Morgan fingerprint density at radius 3 is 2.51 bits per heavy atom. The molecule has 4 rings (SSSR count). The van der Waals surface area contributed by atoms with Gasteiger partial charge in [-0.1, -0.05) is 51.1 Å². The highest BCUT2D eigenvalue weighted by atomic mass is 16.6. The first-order chi connectivity index (χ1) is 22.3. The third-order valence-electron chi connectivity index (χ3n) is 10.5. The van der Waals surface area contributed by atoms with Crippen LogP contribution >= 0.6 is 0 Å². The lowest BCUT2D eigenvalue weighted by atomic mass is 9.62. The van der Waals surface area contributed by atoms with E-state index in [1.165, 1.54) is 0 Å². The van der Waals surface area contributed by atoms with Crippen molar-refractivity contribution < 1.29 is 28.9 Å². The number of aromatic nitrogens is 4. The topological polar surface area (TPSA) is 141 Å². The van der Waals surface area contributed by atoms with Crippen molar-refractivity contribution in [2.75, 3.05) is 20.2 Å². The lowest BCUT2D eigenvalue weighted by molar-refractivity contribution is -0.210. The SMILES string of the molecule is B[C@@H]1[C@@H](C)C(=O)[C@@H](C)C(O)O[C@H](CC)[C@@]2(C)OC(=O)N(C/C=C/Cn3cc(-c4ccccn4)nn3)[C@@H]2[C@@H](C)NC[C@H](C)C[C@@]1(C)OC. The number of aliphatic hydroxyl groups excluding tert-OH is 1. The third kappa shape index (κ3) is 7.96. The molecule has 10 atom stereocenters. The van der Waals surface area contributed by atoms with Gasteiger partial charge in [-0.25, -0.2) is 9.48 Å². The number of hydrogen-bond donors (Lipinski definition) is 2. The van der Waals surface area contributed by atoms with Crippen LogP contribution in [0.5, 0.6) is 0 Å². The normalized spacial score (nSPS) is 36.1. The molecular formula is C34H53BN6O6. The van der Waals surface area contributed by atoms with Gasteiger partial charge in [-0.05, 0) is 64.0 Å². The maximum atomic E-state index is 13.6. The van der Waals surface area contributed by atoms with Crippen LogP contribution < -0.4 is 5.32 Å². The fraction of sp³-hybridized carbons (Fsp3) is 0.676. The first kappa shape index (κ1) is 36.7. The summed E-state index contributed by atoms with van der Waals surface area (Å²) < 4.78 is 20.2. The summed E-state index contributed by atoms with van der Waals surface area (Å²) in [6.45, 7) is 15.1. The van der Waals surface area contributed by atoms with Gasteiger partial charge in [0.2, 0.25) is 0 Å². The Balaban J connectivity index is 1.58.